The first-order valence-electron chi connectivity index (χ1n) is 10.6. The molecule has 2 heterocycles. The summed E-state index contributed by atoms with van der Waals surface area (Å²) in [5.74, 6) is 0.218. The third-order valence-corrected chi connectivity index (χ3v) is 6.45. The monoisotopic (exact) mass is 472 g/mol. The number of rotatable bonds is 6. The number of nitrogens with one attached hydrogen (secondary N) is 1. The van der Waals surface area contributed by atoms with E-state index in [2.05, 4.69) is 22.0 Å². The molecule has 0 saturated carbocycles. The van der Waals surface area contributed by atoms with Crippen LogP contribution >= 0.6 is 11.8 Å². The van der Waals surface area contributed by atoms with Gasteiger partial charge in [-0.15, -0.1) is 11.8 Å². The van der Waals surface area contributed by atoms with Crippen molar-refractivity contribution in [1.82, 2.24) is 19.7 Å². The SMILES string of the molecule is CCSc1cc(-n2c(C)nc3cccc(C(=O)O)c32)ccc1-c1ccccc1-c1nc(=O)o[nH]1. The Morgan fingerprint density at radius 2 is 1.85 bits per heavy atom. The van der Waals surface area contributed by atoms with Gasteiger partial charge >= 0.3 is 11.7 Å². The second-order valence-electron chi connectivity index (χ2n) is 7.56. The molecule has 0 fully saturated rings. The molecule has 9 heteroatoms. The molecule has 0 unspecified atom stereocenters. The molecule has 2 aromatic heterocycles. The minimum atomic E-state index is -0.998. The van der Waals surface area contributed by atoms with Gasteiger partial charge in [-0.3, -0.25) is 4.57 Å². The summed E-state index contributed by atoms with van der Waals surface area (Å²) in [6, 6.07) is 18.8. The lowest BCUT2D eigenvalue weighted by atomic mass is 9.99. The third-order valence-electron chi connectivity index (χ3n) is 5.51. The molecule has 0 saturated heterocycles. The molecule has 8 nitrogen and oxygen atoms in total. The topological polar surface area (TPSA) is 114 Å². The molecule has 3 aromatic carbocycles. The van der Waals surface area contributed by atoms with Crippen LogP contribution in [0.4, 0.5) is 0 Å². The number of nitrogens with zero attached hydrogens (tertiary/aromatic N) is 3. The normalized spacial score (nSPS) is 11.2. The number of imidazole rings is 1. The Kier molecular flexibility index (Phi) is 5.54. The van der Waals surface area contributed by atoms with Gasteiger partial charge in [0.15, 0.2) is 5.82 Å². The van der Waals surface area contributed by atoms with Crippen molar-refractivity contribution in [2.24, 2.45) is 0 Å². The number of carbonyl (C=O) groups is 1. The van der Waals surface area contributed by atoms with E-state index >= 15 is 0 Å². The van der Waals surface area contributed by atoms with E-state index in [1.807, 2.05) is 60.0 Å². The molecule has 0 radical (unpaired) electrons. The van der Waals surface area contributed by atoms with Crippen LogP contribution in [0.3, 0.4) is 0 Å². The Morgan fingerprint density at radius 3 is 2.56 bits per heavy atom. The number of carboxylic acids is 1. The molecule has 0 atom stereocenters. The van der Waals surface area contributed by atoms with Crippen LogP contribution in [-0.4, -0.2) is 36.5 Å². The predicted octanol–water partition coefficient (Wildman–Crippen LogP) is 5.15. The van der Waals surface area contributed by atoms with Crippen LogP contribution in [0.15, 0.2) is 74.9 Å². The van der Waals surface area contributed by atoms with Gasteiger partial charge < -0.3 is 9.63 Å². The van der Waals surface area contributed by atoms with Gasteiger partial charge in [0.05, 0.1) is 16.6 Å². The van der Waals surface area contributed by atoms with Crippen LogP contribution < -0.4 is 5.76 Å². The van der Waals surface area contributed by atoms with Gasteiger partial charge in [-0.25, -0.2) is 14.6 Å². The van der Waals surface area contributed by atoms with Crippen molar-refractivity contribution in [3.63, 3.8) is 0 Å². The predicted molar refractivity (Wildman–Crippen MR) is 131 cm³/mol. The number of aromatic carboxylic acids is 1. The molecular formula is C25H20N4O4S. The maximum absolute atomic E-state index is 11.9. The minimum Gasteiger partial charge on any atom is -0.478 e. The highest BCUT2D eigenvalue weighted by Gasteiger charge is 2.19. The summed E-state index contributed by atoms with van der Waals surface area (Å²) in [5.41, 5.74) is 4.83. The van der Waals surface area contributed by atoms with Gasteiger partial charge in [0.2, 0.25) is 0 Å². The van der Waals surface area contributed by atoms with Crippen molar-refractivity contribution in [2.45, 2.75) is 18.7 Å². The number of thioether (sulfide) groups is 1. The van der Waals surface area contributed by atoms with Crippen LogP contribution in [0.25, 0.3) is 39.2 Å². The lowest BCUT2D eigenvalue weighted by Crippen LogP contribution is -2.04. The maximum Gasteiger partial charge on any atom is 0.460 e. The van der Waals surface area contributed by atoms with Crippen LogP contribution in [0.2, 0.25) is 0 Å². The van der Waals surface area contributed by atoms with Crippen LogP contribution in [0, 0.1) is 6.92 Å². The van der Waals surface area contributed by atoms with E-state index in [9.17, 15) is 14.7 Å². The molecule has 5 aromatic rings. The summed E-state index contributed by atoms with van der Waals surface area (Å²) < 4.78 is 6.66. The number of benzene rings is 3. The number of carboxylic acid groups (broad SMARTS) is 1. The van der Waals surface area contributed by atoms with Gasteiger partial charge in [-0.2, -0.15) is 10.1 Å². The lowest BCUT2D eigenvalue weighted by Gasteiger charge is -2.15. The molecule has 0 aliphatic heterocycles. The van der Waals surface area contributed by atoms with E-state index in [1.165, 1.54) is 0 Å². The second-order valence-corrected chi connectivity index (χ2v) is 8.87. The molecule has 0 bridgehead atoms. The fourth-order valence-electron chi connectivity index (χ4n) is 4.15. The number of fused-ring (bicyclic) bond motifs is 1. The highest BCUT2D eigenvalue weighted by Crippen LogP contribution is 2.38. The number of aromatic amines is 1. The number of para-hydroxylation sites is 1. The van der Waals surface area contributed by atoms with Crippen LogP contribution in [0.1, 0.15) is 23.1 Å². The number of hydrogen-bond donors (Lipinski definition) is 2. The van der Waals surface area contributed by atoms with E-state index in [-0.39, 0.29) is 5.56 Å². The smallest absolute Gasteiger partial charge is 0.460 e. The molecule has 170 valence electrons. The zero-order valence-corrected chi connectivity index (χ0v) is 19.2. The fraction of sp³-hybridized carbons (Fsp3) is 0.120. The quantitative estimate of drug-likeness (QED) is 0.328. The summed E-state index contributed by atoms with van der Waals surface area (Å²) in [4.78, 5) is 32.9. The van der Waals surface area contributed by atoms with Gasteiger partial charge in [0.1, 0.15) is 5.82 Å². The maximum atomic E-state index is 11.9. The van der Waals surface area contributed by atoms with Crippen molar-refractivity contribution >= 4 is 28.8 Å². The standard InChI is InChI=1S/C25H20N4O4S/c1-3-34-21-13-15(29-14(2)26-20-10-6-9-19(22(20)29)24(30)31)11-12-17(21)16-7-4-5-8-18(16)23-27-25(32)33-28-23/h4-13H,3H2,1-2H3,(H,30,31)(H,27,28,32). The summed E-state index contributed by atoms with van der Waals surface area (Å²) in [5, 5.41) is 12.3. The number of hydrogen-bond acceptors (Lipinski definition) is 6. The second kappa shape index (κ2) is 8.68. The van der Waals surface area contributed by atoms with Gasteiger partial charge in [-0.1, -0.05) is 43.3 Å². The molecule has 0 amide bonds. The molecule has 0 spiro atoms. The molecule has 0 aliphatic carbocycles. The molecule has 0 aliphatic rings. The van der Waals surface area contributed by atoms with Crippen molar-refractivity contribution < 1.29 is 14.4 Å². The van der Waals surface area contributed by atoms with Crippen molar-refractivity contribution in [2.75, 3.05) is 5.75 Å². The van der Waals surface area contributed by atoms with E-state index in [1.54, 1.807) is 23.9 Å². The zero-order chi connectivity index (χ0) is 23.8. The first-order valence-corrected chi connectivity index (χ1v) is 11.6. The zero-order valence-electron chi connectivity index (χ0n) is 18.4. The summed E-state index contributed by atoms with van der Waals surface area (Å²) in [6.45, 7) is 3.94. The fourth-order valence-corrected chi connectivity index (χ4v) is 5.00. The summed E-state index contributed by atoms with van der Waals surface area (Å²) in [7, 11) is 0. The number of aromatic nitrogens is 4. The van der Waals surface area contributed by atoms with E-state index in [4.69, 9.17) is 4.52 Å². The lowest BCUT2D eigenvalue weighted by molar-refractivity contribution is 0.0698. The Labute approximate surface area is 198 Å². The first kappa shape index (κ1) is 21.7. The van der Waals surface area contributed by atoms with Crippen LogP contribution in [0.5, 0.6) is 0 Å². The first-order chi connectivity index (χ1) is 16.5. The Morgan fingerprint density at radius 1 is 1.06 bits per heavy atom. The molecule has 34 heavy (non-hydrogen) atoms. The van der Waals surface area contributed by atoms with Crippen molar-refractivity contribution in [3.8, 4) is 28.2 Å². The average Bonchev–Trinajstić information content (AvgIpc) is 3.41. The number of aryl methyl sites for hydroxylation is 1. The van der Waals surface area contributed by atoms with E-state index < -0.39 is 11.7 Å². The van der Waals surface area contributed by atoms with E-state index in [0.29, 0.717) is 22.7 Å². The van der Waals surface area contributed by atoms with Gasteiger partial charge in [0.25, 0.3) is 0 Å². The van der Waals surface area contributed by atoms with Crippen molar-refractivity contribution in [1.29, 1.82) is 0 Å². The Bertz CT molecular complexity index is 1600. The summed E-state index contributed by atoms with van der Waals surface area (Å²) >= 11 is 1.67. The highest BCUT2D eigenvalue weighted by atomic mass is 32.2. The summed E-state index contributed by atoms with van der Waals surface area (Å²) in [6.07, 6.45) is 0. The molecule has 2 N–H and O–H groups in total. The average molecular weight is 473 g/mol. The van der Waals surface area contributed by atoms with E-state index in [0.717, 1.165) is 33.0 Å². The van der Waals surface area contributed by atoms with Gasteiger partial charge in [-0.05, 0) is 48.1 Å². The highest BCUT2D eigenvalue weighted by molar-refractivity contribution is 7.99. The molecule has 5 rings (SSSR count). The Hall–Kier alpha value is -4.11. The van der Waals surface area contributed by atoms with Crippen molar-refractivity contribution in [3.05, 3.63) is 82.6 Å². The molecular weight excluding hydrogens is 452 g/mol. The number of H-pyrrole nitrogens is 1. The van der Waals surface area contributed by atoms with Crippen LogP contribution in [-0.2, 0) is 0 Å². The Balaban J connectivity index is 1.72. The minimum absolute atomic E-state index is 0.201. The van der Waals surface area contributed by atoms with Gasteiger partial charge in [0, 0.05) is 16.1 Å². The third kappa shape index (κ3) is 3.69. The largest absolute Gasteiger partial charge is 0.478 e.